The zero-order chi connectivity index (χ0) is 15.7. The second-order valence-corrected chi connectivity index (χ2v) is 8.20. The van der Waals surface area contributed by atoms with Crippen LogP contribution in [0.2, 0.25) is 0 Å². The van der Waals surface area contributed by atoms with E-state index in [2.05, 4.69) is 0 Å². The standard InChI is InChI=1S/C13H24N2O5S/c1-13(20-8-12(16)17)9-15(10-13)21(18,19)14(2)11-6-4-3-5-7-11/h11H,3-10H2,1-2H3,(H,16,17). The number of carboxylic acid groups (broad SMARTS) is 1. The first-order chi connectivity index (χ1) is 9.74. The number of aliphatic carboxylic acids is 1. The lowest BCUT2D eigenvalue weighted by Crippen LogP contribution is -2.66. The van der Waals surface area contributed by atoms with E-state index in [1.165, 1.54) is 15.0 Å². The van der Waals surface area contributed by atoms with Crippen LogP contribution in [0.25, 0.3) is 0 Å². The lowest BCUT2D eigenvalue weighted by atomic mass is 9.96. The summed E-state index contributed by atoms with van der Waals surface area (Å²) in [6.45, 7) is 1.75. The summed E-state index contributed by atoms with van der Waals surface area (Å²) in [6.07, 6.45) is 5.15. The molecule has 2 aliphatic rings. The van der Waals surface area contributed by atoms with Gasteiger partial charge in [-0.25, -0.2) is 4.79 Å². The molecule has 0 bridgehead atoms. The van der Waals surface area contributed by atoms with Crippen molar-refractivity contribution in [1.29, 1.82) is 0 Å². The predicted molar refractivity (Wildman–Crippen MR) is 77.1 cm³/mol. The summed E-state index contributed by atoms with van der Waals surface area (Å²) in [7, 11) is -1.83. The fourth-order valence-electron chi connectivity index (χ4n) is 3.01. The topological polar surface area (TPSA) is 87.2 Å². The van der Waals surface area contributed by atoms with Crippen molar-refractivity contribution in [3.8, 4) is 0 Å². The molecule has 122 valence electrons. The maximum Gasteiger partial charge on any atom is 0.329 e. The fraction of sp³-hybridized carbons (Fsp3) is 0.923. The van der Waals surface area contributed by atoms with Gasteiger partial charge >= 0.3 is 5.97 Å². The molecular formula is C13H24N2O5S. The Morgan fingerprint density at radius 2 is 1.90 bits per heavy atom. The normalized spacial score (nSPS) is 24.0. The van der Waals surface area contributed by atoms with E-state index in [9.17, 15) is 13.2 Å². The van der Waals surface area contributed by atoms with Gasteiger partial charge in [-0.15, -0.1) is 0 Å². The molecule has 1 aliphatic carbocycles. The Morgan fingerprint density at radius 1 is 1.33 bits per heavy atom. The van der Waals surface area contributed by atoms with E-state index in [1.54, 1.807) is 14.0 Å². The number of nitrogens with zero attached hydrogens (tertiary/aromatic N) is 2. The molecule has 7 nitrogen and oxygen atoms in total. The van der Waals surface area contributed by atoms with E-state index in [1.807, 2.05) is 0 Å². The molecular weight excluding hydrogens is 296 g/mol. The van der Waals surface area contributed by atoms with E-state index in [4.69, 9.17) is 9.84 Å². The molecule has 1 saturated carbocycles. The number of carbonyl (C=O) groups is 1. The minimum Gasteiger partial charge on any atom is -0.480 e. The minimum absolute atomic E-state index is 0.0792. The van der Waals surface area contributed by atoms with Crippen molar-refractivity contribution < 1.29 is 23.1 Å². The highest BCUT2D eigenvalue weighted by Crippen LogP contribution is 2.31. The van der Waals surface area contributed by atoms with Gasteiger partial charge in [0.1, 0.15) is 6.61 Å². The van der Waals surface area contributed by atoms with Gasteiger partial charge in [0.25, 0.3) is 10.2 Å². The van der Waals surface area contributed by atoms with E-state index in [0.717, 1.165) is 25.7 Å². The van der Waals surface area contributed by atoms with Crippen LogP contribution in [0, 0.1) is 0 Å². The summed E-state index contributed by atoms with van der Waals surface area (Å²) < 4.78 is 33.1. The molecule has 0 atom stereocenters. The molecule has 0 radical (unpaired) electrons. The van der Waals surface area contributed by atoms with Crippen LogP contribution < -0.4 is 0 Å². The van der Waals surface area contributed by atoms with Crippen LogP contribution in [-0.2, 0) is 19.7 Å². The zero-order valence-corrected chi connectivity index (χ0v) is 13.4. The lowest BCUT2D eigenvalue weighted by Gasteiger charge is -2.48. The molecule has 0 aromatic rings. The van der Waals surface area contributed by atoms with Gasteiger partial charge in [-0.05, 0) is 19.8 Å². The van der Waals surface area contributed by atoms with E-state index < -0.39 is 28.4 Å². The minimum atomic E-state index is -3.47. The zero-order valence-electron chi connectivity index (χ0n) is 12.6. The van der Waals surface area contributed by atoms with Crippen molar-refractivity contribution in [3.05, 3.63) is 0 Å². The van der Waals surface area contributed by atoms with E-state index >= 15 is 0 Å². The summed E-state index contributed by atoms with van der Waals surface area (Å²) in [5.74, 6) is -1.04. The summed E-state index contributed by atoms with van der Waals surface area (Å²) in [5, 5.41) is 8.62. The maximum atomic E-state index is 12.5. The summed E-state index contributed by atoms with van der Waals surface area (Å²) >= 11 is 0. The summed E-state index contributed by atoms with van der Waals surface area (Å²) in [6, 6.07) is 0.0792. The first-order valence-corrected chi connectivity index (χ1v) is 8.73. The number of carboxylic acids is 1. The molecule has 1 heterocycles. The highest BCUT2D eigenvalue weighted by Gasteiger charge is 2.48. The van der Waals surface area contributed by atoms with E-state index in [0.29, 0.717) is 0 Å². The molecule has 2 fully saturated rings. The molecule has 8 heteroatoms. The molecule has 1 N–H and O–H groups in total. The second kappa shape index (κ2) is 6.20. The first kappa shape index (κ1) is 16.7. The molecule has 0 aromatic heterocycles. The number of rotatable bonds is 6. The second-order valence-electron chi connectivity index (χ2n) is 6.22. The van der Waals surface area contributed by atoms with Gasteiger partial charge in [0, 0.05) is 26.2 Å². The molecule has 21 heavy (non-hydrogen) atoms. The SMILES string of the molecule is CN(C1CCCCC1)S(=O)(=O)N1CC(C)(OCC(=O)O)C1. The van der Waals surface area contributed by atoms with Gasteiger partial charge in [0.15, 0.2) is 0 Å². The van der Waals surface area contributed by atoms with Crippen molar-refractivity contribution in [1.82, 2.24) is 8.61 Å². The van der Waals surface area contributed by atoms with Gasteiger partial charge in [-0.1, -0.05) is 19.3 Å². The van der Waals surface area contributed by atoms with Crippen LogP contribution >= 0.6 is 0 Å². The van der Waals surface area contributed by atoms with Gasteiger partial charge < -0.3 is 9.84 Å². The maximum absolute atomic E-state index is 12.5. The molecule has 0 amide bonds. The fourth-order valence-corrected chi connectivity index (χ4v) is 4.83. The van der Waals surface area contributed by atoms with Crippen LogP contribution in [0.5, 0.6) is 0 Å². The van der Waals surface area contributed by atoms with Crippen molar-refractivity contribution >= 4 is 16.2 Å². The Labute approximate surface area is 126 Å². The Balaban J connectivity index is 1.91. The Kier molecular flexibility index (Phi) is 4.92. The Morgan fingerprint density at radius 3 is 2.43 bits per heavy atom. The van der Waals surface area contributed by atoms with Gasteiger partial charge in [0.05, 0.1) is 5.60 Å². The molecule has 0 aromatic carbocycles. The van der Waals surface area contributed by atoms with Crippen molar-refractivity contribution in [3.63, 3.8) is 0 Å². The average Bonchev–Trinajstić information content (AvgIpc) is 2.42. The van der Waals surface area contributed by atoms with Crippen LogP contribution in [0.4, 0.5) is 0 Å². The summed E-state index contributed by atoms with van der Waals surface area (Å²) in [5.41, 5.74) is -0.696. The smallest absolute Gasteiger partial charge is 0.329 e. The molecule has 0 spiro atoms. The van der Waals surface area contributed by atoms with Crippen LogP contribution in [0.3, 0.4) is 0 Å². The van der Waals surface area contributed by atoms with E-state index in [-0.39, 0.29) is 19.1 Å². The van der Waals surface area contributed by atoms with Crippen LogP contribution in [0.1, 0.15) is 39.0 Å². The van der Waals surface area contributed by atoms with Gasteiger partial charge in [-0.3, -0.25) is 0 Å². The largest absolute Gasteiger partial charge is 0.480 e. The highest BCUT2D eigenvalue weighted by atomic mass is 32.2. The third-order valence-electron chi connectivity index (χ3n) is 4.34. The van der Waals surface area contributed by atoms with Gasteiger partial charge in [0.2, 0.25) is 0 Å². The number of hydrogen-bond acceptors (Lipinski definition) is 4. The Bertz CT molecular complexity index is 481. The summed E-state index contributed by atoms with van der Waals surface area (Å²) in [4.78, 5) is 10.5. The van der Waals surface area contributed by atoms with Crippen LogP contribution in [0.15, 0.2) is 0 Å². The Hall–Kier alpha value is -0.700. The van der Waals surface area contributed by atoms with Gasteiger partial charge in [-0.2, -0.15) is 17.0 Å². The van der Waals surface area contributed by atoms with Crippen LogP contribution in [-0.4, -0.2) is 66.5 Å². The molecule has 0 unspecified atom stereocenters. The molecule has 2 rings (SSSR count). The van der Waals surface area contributed by atoms with Crippen molar-refractivity contribution in [2.75, 3.05) is 26.7 Å². The average molecular weight is 320 g/mol. The molecule has 1 aliphatic heterocycles. The third kappa shape index (κ3) is 3.74. The monoisotopic (exact) mass is 320 g/mol. The highest BCUT2D eigenvalue weighted by molar-refractivity contribution is 7.86. The lowest BCUT2D eigenvalue weighted by molar-refractivity contribution is -0.157. The predicted octanol–water partition coefficient (Wildman–Crippen LogP) is 0.671. The molecule has 1 saturated heterocycles. The first-order valence-electron chi connectivity index (χ1n) is 7.33. The number of ether oxygens (including phenoxy) is 1. The number of hydrogen-bond donors (Lipinski definition) is 1. The van der Waals surface area contributed by atoms with Crippen molar-refractivity contribution in [2.45, 2.75) is 50.7 Å². The quantitative estimate of drug-likeness (QED) is 0.777. The van der Waals surface area contributed by atoms with Crippen molar-refractivity contribution in [2.24, 2.45) is 0 Å². The third-order valence-corrected chi connectivity index (χ3v) is 6.28.